The van der Waals surface area contributed by atoms with Crippen LogP contribution in [0.3, 0.4) is 0 Å². The number of anilines is 1. The highest BCUT2D eigenvalue weighted by Gasteiger charge is 2.09. The Bertz CT molecular complexity index is 454. The van der Waals surface area contributed by atoms with Gasteiger partial charge in [0, 0.05) is 11.7 Å². The van der Waals surface area contributed by atoms with E-state index in [2.05, 4.69) is 17.0 Å². The minimum atomic E-state index is -3.20. The maximum Gasteiger partial charge on any atom is 0.232 e. The third kappa shape index (κ3) is 4.66. The van der Waals surface area contributed by atoms with Crippen LogP contribution in [0.2, 0.25) is 0 Å². The molecule has 0 bridgehead atoms. The minimum absolute atomic E-state index is 0.179. The third-order valence-corrected chi connectivity index (χ3v) is 4.26. The molecule has 1 atom stereocenters. The molecule has 4 nitrogen and oxygen atoms in total. The summed E-state index contributed by atoms with van der Waals surface area (Å²) >= 11 is 0. The van der Waals surface area contributed by atoms with Gasteiger partial charge >= 0.3 is 0 Å². The Balaban J connectivity index is 2.69. The zero-order chi connectivity index (χ0) is 13.6. The lowest BCUT2D eigenvalue weighted by molar-refractivity contribution is 0.598. The second kappa shape index (κ2) is 6.75. The molecular formula is C13H22N2O2S. The summed E-state index contributed by atoms with van der Waals surface area (Å²) < 4.78 is 26.0. The summed E-state index contributed by atoms with van der Waals surface area (Å²) in [6, 6.07) is 7.72. The molecule has 0 saturated heterocycles. The van der Waals surface area contributed by atoms with Crippen LogP contribution >= 0.6 is 0 Å². The van der Waals surface area contributed by atoms with Crippen LogP contribution in [-0.4, -0.2) is 21.2 Å². The van der Waals surface area contributed by atoms with Gasteiger partial charge in [-0.05, 0) is 38.1 Å². The van der Waals surface area contributed by atoms with Crippen LogP contribution < -0.4 is 10.0 Å². The molecule has 2 N–H and O–H groups in total. The Labute approximate surface area is 110 Å². The van der Waals surface area contributed by atoms with Gasteiger partial charge in [-0.3, -0.25) is 4.72 Å². The van der Waals surface area contributed by atoms with Gasteiger partial charge in [0.1, 0.15) is 0 Å². The topological polar surface area (TPSA) is 58.2 Å². The van der Waals surface area contributed by atoms with E-state index < -0.39 is 10.0 Å². The molecule has 0 fully saturated rings. The van der Waals surface area contributed by atoms with Crippen molar-refractivity contribution in [2.24, 2.45) is 0 Å². The molecule has 1 unspecified atom stereocenters. The lowest BCUT2D eigenvalue weighted by atomic mass is 10.1. The second-order valence-electron chi connectivity index (χ2n) is 4.41. The maximum absolute atomic E-state index is 11.7. The van der Waals surface area contributed by atoms with Crippen LogP contribution in [0.5, 0.6) is 0 Å². The largest absolute Gasteiger partial charge is 0.313 e. The monoisotopic (exact) mass is 270 g/mol. The van der Waals surface area contributed by atoms with Crippen molar-refractivity contribution in [1.29, 1.82) is 0 Å². The van der Waals surface area contributed by atoms with E-state index >= 15 is 0 Å². The molecule has 5 heteroatoms. The van der Waals surface area contributed by atoms with Crippen LogP contribution in [0.1, 0.15) is 38.3 Å². The van der Waals surface area contributed by atoms with Gasteiger partial charge in [-0.15, -0.1) is 0 Å². The van der Waals surface area contributed by atoms with Gasteiger partial charge in [-0.2, -0.15) is 0 Å². The van der Waals surface area contributed by atoms with E-state index in [0.717, 1.165) is 12.0 Å². The Morgan fingerprint density at radius 1 is 1.22 bits per heavy atom. The molecule has 0 heterocycles. The predicted molar refractivity (Wildman–Crippen MR) is 76.2 cm³/mol. The van der Waals surface area contributed by atoms with Gasteiger partial charge in [0.15, 0.2) is 0 Å². The van der Waals surface area contributed by atoms with Gasteiger partial charge in [0.2, 0.25) is 10.0 Å². The van der Waals surface area contributed by atoms with E-state index in [1.165, 1.54) is 0 Å². The van der Waals surface area contributed by atoms with Crippen molar-refractivity contribution in [1.82, 2.24) is 5.32 Å². The Kier molecular flexibility index (Phi) is 5.62. The van der Waals surface area contributed by atoms with Crippen molar-refractivity contribution in [3.8, 4) is 0 Å². The molecule has 0 aliphatic rings. The van der Waals surface area contributed by atoms with Crippen molar-refractivity contribution < 1.29 is 8.42 Å². The normalized spacial score (nSPS) is 13.3. The fourth-order valence-corrected chi connectivity index (χ4v) is 2.84. The van der Waals surface area contributed by atoms with Crippen molar-refractivity contribution >= 4 is 15.7 Å². The molecule has 0 radical (unpaired) electrons. The predicted octanol–water partition coefficient (Wildman–Crippen LogP) is 2.51. The quantitative estimate of drug-likeness (QED) is 0.800. The van der Waals surface area contributed by atoms with Gasteiger partial charge in [0.05, 0.1) is 5.75 Å². The fourth-order valence-electron chi connectivity index (χ4n) is 1.57. The zero-order valence-corrected chi connectivity index (χ0v) is 12.0. The smallest absolute Gasteiger partial charge is 0.232 e. The van der Waals surface area contributed by atoms with Gasteiger partial charge < -0.3 is 5.32 Å². The molecule has 1 aromatic carbocycles. The van der Waals surface area contributed by atoms with Crippen molar-refractivity contribution in [2.45, 2.75) is 32.7 Å². The minimum Gasteiger partial charge on any atom is -0.313 e. The number of hydrogen-bond donors (Lipinski definition) is 2. The van der Waals surface area contributed by atoms with E-state index in [1.807, 2.05) is 26.1 Å². The zero-order valence-electron chi connectivity index (χ0n) is 11.2. The second-order valence-corrected chi connectivity index (χ2v) is 6.25. The van der Waals surface area contributed by atoms with Crippen LogP contribution in [0, 0.1) is 0 Å². The van der Waals surface area contributed by atoms with Gasteiger partial charge in [-0.1, -0.05) is 25.5 Å². The Morgan fingerprint density at radius 2 is 1.83 bits per heavy atom. The third-order valence-electron chi connectivity index (χ3n) is 2.88. The molecule has 1 aromatic rings. The van der Waals surface area contributed by atoms with Crippen LogP contribution in [0.25, 0.3) is 0 Å². The van der Waals surface area contributed by atoms with E-state index in [9.17, 15) is 8.42 Å². The molecule has 0 aliphatic heterocycles. The summed E-state index contributed by atoms with van der Waals surface area (Å²) in [6.07, 6.45) is 1.56. The van der Waals surface area contributed by atoms with Gasteiger partial charge in [0.25, 0.3) is 0 Å². The number of unbranched alkanes of at least 4 members (excludes halogenated alkanes) is 1. The molecule has 102 valence electrons. The average Bonchev–Trinajstić information content (AvgIpc) is 2.36. The lowest BCUT2D eigenvalue weighted by Crippen LogP contribution is -2.17. The Hall–Kier alpha value is -1.07. The molecule has 0 saturated carbocycles. The number of benzene rings is 1. The van der Waals surface area contributed by atoms with Crippen LogP contribution in [0.15, 0.2) is 24.3 Å². The fraction of sp³-hybridized carbons (Fsp3) is 0.538. The molecule has 0 spiro atoms. The van der Waals surface area contributed by atoms with Crippen molar-refractivity contribution in [3.63, 3.8) is 0 Å². The first kappa shape index (κ1) is 15.0. The summed E-state index contributed by atoms with van der Waals surface area (Å²) in [5, 5.41) is 3.14. The number of nitrogens with one attached hydrogen (secondary N) is 2. The van der Waals surface area contributed by atoms with Crippen LogP contribution in [-0.2, 0) is 10.0 Å². The Morgan fingerprint density at radius 3 is 2.33 bits per heavy atom. The number of rotatable bonds is 7. The molecule has 0 amide bonds. The average molecular weight is 270 g/mol. The first-order valence-electron chi connectivity index (χ1n) is 6.26. The van der Waals surface area contributed by atoms with E-state index in [4.69, 9.17) is 0 Å². The maximum atomic E-state index is 11.7. The molecule has 18 heavy (non-hydrogen) atoms. The van der Waals surface area contributed by atoms with Crippen LogP contribution in [0.4, 0.5) is 5.69 Å². The highest BCUT2D eigenvalue weighted by atomic mass is 32.2. The number of sulfonamides is 1. The number of hydrogen-bond acceptors (Lipinski definition) is 3. The van der Waals surface area contributed by atoms with E-state index in [0.29, 0.717) is 12.1 Å². The highest BCUT2D eigenvalue weighted by molar-refractivity contribution is 7.92. The summed E-state index contributed by atoms with van der Waals surface area (Å²) in [6.45, 7) is 4.03. The summed E-state index contributed by atoms with van der Waals surface area (Å²) in [7, 11) is -1.31. The molecule has 0 aliphatic carbocycles. The SMILES string of the molecule is CCCCS(=O)(=O)Nc1ccc(C(C)NC)cc1. The standard InChI is InChI=1S/C13H22N2O2S/c1-4-5-10-18(16,17)15-13-8-6-12(7-9-13)11(2)14-3/h6-9,11,14-15H,4-5,10H2,1-3H3. The molecule has 1 rings (SSSR count). The van der Waals surface area contributed by atoms with Crippen molar-refractivity contribution in [3.05, 3.63) is 29.8 Å². The first-order chi connectivity index (χ1) is 8.48. The van der Waals surface area contributed by atoms with E-state index in [-0.39, 0.29) is 11.8 Å². The highest BCUT2D eigenvalue weighted by Crippen LogP contribution is 2.16. The van der Waals surface area contributed by atoms with E-state index in [1.54, 1.807) is 12.1 Å². The molecule has 0 aromatic heterocycles. The summed E-state index contributed by atoms with van der Waals surface area (Å²) in [5.74, 6) is 0.179. The lowest BCUT2D eigenvalue weighted by Gasteiger charge is -2.12. The summed E-state index contributed by atoms with van der Waals surface area (Å²) in [5.41, 5.74) is 1.76. The summed E-state index contributed by atoms with van der Waals surface area (Å²) in [4.78, 5) is 0. The first-order valence-corrected chi connectivity index (χ1v) is 7.91. The van der Waals surface area contributed by atoms with Gasteiger partial charge in [-0.25, -0.2) is 8.42 Å². The van der Waals surface area contributed by atoms with Crippen molar-refractivity contribution in [2.75, 3.05) is 17.5 Å². The molecular weight excluding hydrogens is 248 g/mol.